The van der Waals surface area contributed by atoms with Crippen LogP contribution in [0.5, 0.6) is 0 Å². The van der Waals surface area contributed by atoms with E-state index in [0.29, 0.717) is 0 Å². The molecule has 0 heterocycles. The zero-order chi connectivity index (χ0) is 0. The SMILES string of the molecule is C.I.S.[H-].[K+].[Y]. The molecule has 0 unspecified atom stereocenters. The molecule has 0 aliphatic heterocycles. The fourth-order valence-corrected chi connectivity index (χ4v) is 0. The molecule has 0 N–H and O–H groups in total. The fourth-order valence-electron chi connectivity index (χ4n) is 0. The summed E-state index contributed by atoms with van der Waals surface area (Å²) in [6.07, 6.45) is 0. The van der Waals surface area contributed by atoms with Crippen LogP contribution in [0.15, 0.2) is 0 Å². The molecule has 0 nitrogen and oxygen atoms in total. The minimum absolute atomic E-state index is 0. The third-order valence-electron chi connectivity index (χ3n) is 0. The van der Waals surface area contributed by atoms with E-state index in [4.69, 9.17) is 0 Å². The van der Waals surface area contributed by atoms with Crippen molar-refractivity contribution in [3.8, 4) is 0 Å². The molecule has 0 aromatic rings. The van der Waals surface area contributed by atoms with Gasteiger partial charge in [0.15, 0.2) is 0 Å². The van der Waals surface area contributed by atoms with Gasteiger partial charge in [-0.2, -0.15) is 13.5 Å². The van der Waals surface area contributed by atoms with Crippen LogP contribution in [-0.2, 0) is 32.7 Å². The second kappa shape index (κ2) is 24.9. The summed E-state index contributed by atoms with van der Waals surface area (Å²) in [6.45, 7) is 0. The summed E-state index contributed by atoms with van der Waals surface area (Å²) in [5, 5.41) is 0. The zero-order valence-electron chi connectivity index (χ0n) is 3.49. The average molecular weight is 307 g/mol. The van der Waals surface area contributed by atoms with Crippen molar-refractivity contribution in [1.82, 2.24) is 0 Å². The van der Waals surface area contributed by atoms with Crippen LogP contribution in [0.2, 0.25) is 0 Å². The summed E-state index contributed by atoms with van der Waals surface area (Å²) in [4.78, 5) is 0. The van der Waals surface area contributed by atoms with Crippen molar-refractivity contribution >= 4 is 37.5 Å². The third kappa shape index (κ3) is 18.2. The van der Waals surface area contributed by atoms with Gasteiger partial charge in [-0.15, -0.1) is 24.0 Å². The maximum Gasteiger partial charge on any atom is 1.00 e. The van der Waals surface area contributed by atoms with Gasteiger partial charge in [0.1, 0.15) is 0 Å². The Morgan fingerprint density at radius 2 is 1.20 bits per heavy atom. The van der Waals surface area contributed by atoms with Gasteiger partial charge >= 0.3 is 51.4 Å². The van der Waals surface area contributed by atoms with Gasteiger partial charge in [0, 0.05) is 32.7 Å². The van der Waals surface area contributed by atoms with Gasteiger partial charge in [-0.05, 0) is 0 Å². The first kappa shape index (κ1) is 37.0. The van der Waals surface area contributed by atoms with Crippen LogP contribution in [0, 0.1) is 0 Å². The number of hydrogen-bond acceptors (Lipinski definition) is 0. The quantitative estimate of drug-likeness (QED) is 0.377. The van der Waals surface area contributed by atoms with Gasteiger partial charge < -0.3 is 1.43 Å². The second-order valence-electron chi connectivity index (χ2n) is 0. The van der Waals surface area contributed by atoms with Crippen molar-refractivity contribution in [3.63, 3.8) is 0 Å². The molecule has 0 aromatic carbocycles. The Hall–Kier alpha value is 3.82. The van der Waals surface area contributed by atoms with Crippen LogP contribution in [0.25, 0.3) is 0 Å². The first-order chi connectivity index (χ1) is 0. The Kier molecular flexibility index (Phi) is 184. The molecule has 0 aliphatic carbocycles. The maximum absolute atomic E-state index is 0. The normalized spacial score (nSPS) is 0. The summed E-state index contributed by atoms with van der Waals surface area (Å²) in [5.41, 5.74) is 0. The molecule has 0 aliphatic rings. The minimum Gasteiger partial charge on any atom is -1.00 e. The predicted octanol–water partition coefficient (Wildman–Crippen LogP) is -1.52. The van der Waals surface area contributed by atoms with Gasteiger partial charge in [-0.1, -0.05) is 7.43 Å². The molecule has 29 valence electrons. The van der Waals surface area contributed by atoms with E-state index in [0.717, 1.165) is 0 Å². The van der Waals surface area contributed by atoms with Gasteiger partial charge in [-0.25, -0.2) is 0 Å². The Morgan fingerprint density at radius 3 is 1.20 bits per heavy atom. The topological polar surface area (TPSA) is 0 Å². The van der Waals surface area contributed by atoms with Gasteiger partial charge in [-0.3, -0.25) is 0 Å². The summed E-state index contributed by atoms with van der Waals surface area (Å²) in [6, 6.07) is 0. The molecule has 0 saturated carbocycles. The van der Waals surface area contributed by atoms with E-state index in [1.165, 1.54) is 0 Å². The molecule has 0 spiro atoms. The molecule has 0 rings (SSSR count). The van der Waals surface area contributed by atoms with Crippen LogP contribution in [0.3, 0.4) is 0 Å². The number of halogens is 1. The summed E-state index contributed by atoms with van der Waals surface area (Å²) in [7, 11) is 0. The van der Waals surface area contributed by atoms with Crippen LogP contribution in [0.4, 0.5) is 0 Å². The van der Waals surface area contributed by atoms with Gasteiger partial charge in [0.25, 0.3) is 0 Å². The van der Waals surface area contributed by atoms with Crippen molar-refractivity contribution < 1.29 is 85.5 Å². The molecule has 0 saturated heterocycles. The van der Waals surface area contributed by atoms with Crippen LogP contribution in [-0.4, -0.2) is 0 Å². The first-order valence-electron chi connectivity index (χ1n) is 0. The van der Waals surface area contributed by atoms with E-state index in [1.54, 1.807) is 0 Å². The molecule has 1 radical (unpaired) electrons. The van der Waals surface area contributed by atoms with Crippen LogP contribution >= 0.6 is 37.5 Å². The van der Waals surface area contributed by atoms with Crippen LogP contribution in [0.1, 0.15) is 8.85 Å². The van der Waals surface area contributed by atoms with E-state index in [1.807, 2.05) is 0 Å². The predicted molar refractivity (Wildman–Crippen MR) is 33.6 cm³/mol. The summed E-state index contributed by atoms with van der Waals surface area (Å²) >= 11 is 0. The Labute approximate surface area is 127 Å². The monoisotopic (exact) mass is 307 g/mol. The molecular weight excluding hydrogens is 299 g/mol. The Balaban J connectivity index is 0. The van der Waals surface area contributed by atoms with Crippen molar-refractivity contribution in [3.05, 3.63) is 0 Å². The van der Waals surface area contributed by atoms with E-state index >= 15 is 0 Å². The smallest absolute Gasteiger partial charge is 1.00 e. The standard InChI is InChI=1S/CH4.HI.K.H2S.Y.H/h1H4;1H;;1H2;;/q;;+1;;;-1. The molecule has 0 aromatic heterocycles. The van der Waals surface area contributed by atoms with Crippen molar-refractivity contribution in [2.75, 3.05) is 0 Å². The van der Waals surface area contributed by atoms with Crippen LogP contribution < -0.4 is 51.4 Å². The molecular formula is CH8IKSY. The summed E-state index contributed by atoms with van der Waals surface area (Å²) in [5.74, 6) is 0. The molecule has 0 fully saturated rings. The van der Waals surface area contributed by atoms with E-state index in [2.05, 4.69) is 0 Å². The zero-order valence-corrected chi connectivity index (χ0v) is 11.8. The molecule has 0 amide bonds. The number of hydrogen-bond donors (Lipinski definition) is 0. The number of rotatable bonds is 0. The molecule has 0 bridgehead atoms. The second-order valence-corrected chi connectivity index (χ2v) is 0. The fraction of sp³-hybridized carbons (Fsp3) is 1.00. The summed E-state index contributed by atoms with van der Waals surface area (Å²) < 4.78 is 0. The molecule has 5 heavy (non-hydrogen) atoms. The minimum atomic E-state index is 0. The first-order valence-corrected chi connectivity index (χ1v) is 0. The van der Waals surface area contributed by atoms with Crippen molar-refractivity contribution in [1.29, 1.82) is 0 Å². The largest absolute Gasteiger partial charge is 1.00 e. The van der Waals surface area contributed by atoms with Crippen molar-refractivity contribution in [2.24, 2.45) is 0 Å². The Morgan fingerprint density at radius 1 is 1.20 bits per heavy atom. The van der Waals surface area contributed by atoms with Gasteiger partial charge in [0.05, 0.1) is 0 Å². The third-order valence-corrected chi connectivity index (χ3v) is 0. The Bertz CT molecular complexity index is 15.5. The maximum atomic E-state index is 0. The van der Waals surface area contributed by atoms with Gasteiger partial charge in [0.2, 0.25) is 0 Å². The van der Waals surface area contributed by atoms with E-state index < -0.39 is 0 Å². The van der Waals surface area contributed by atoms with E-state index in [-0.39, 0.29) is 130 Å². The molecule has 4 heteroatoms. The molecule has 0 atom stereocenters. The van der Waals surface area contributed by atoms with E-state index in [9.17, 15) is 0 Å². The van der Waals surface area contributed by atoms with Crippen molar-refractivity contribution in [2.45, 2.75) is 7.43 Å². The average Bonchev–Trinajstić information content (AvgIpc) is 0.